The number of hydrogen-bond acceptors (Lipinski definition) is 2. The Hall–Kier alpha value is -1.15. The number of unbranched alkanes of at least 4 members (excludes halogenated alkanes) is 1. The molecule has 0 aliphatic carbocycles. The van der Waals surface area contributed by atoms with E-state index in [2.05, 4.69) is 11.9 Å². The van der Waals surface area contributed by atoms with Crippen molar-refractivity contribution in [3.8, 4) is 5.75 Å². The lowest BCUT2D eigenvalue weighted by atomic mass is 10.2. The van der Waals surface area contributed by atoms with E-state index in [-0.39, 0.29) is 0 Å². The molecule has 0 radical (unpaired) electrons. The highest BCUT2D eigenvalue weighted by molar-refractivity contribution is 6.31. The van der Waals surface area contributed by atoms with E-state index in [0.29, 0.717) is 0 Å². The predicted molar refractivity (Wildman–Crippen MR) is 70.7 cm³/mol. The maximum atomic E-state index is 6.03. The zero-order valence-electron chi connectivity index (χ0n) is 9.85. The summed E-state index contributed by atoms with van der Waals surface area (Å²) in [5.41, 5.74) is 2.04. The van der Waals surface area contributed by atoms with Crippen LogP contribution in [0, 0.1) is 6.92 Å². The van der Waals surface area contributed by atoms with Crippen LogP contribution < -0.4 is 10.1 Å². The van der Waals surface area contributed by atoms with Crippen LogP contribution >= 0.6 is 11.6 Å². The molecular formula is C13H18ClNO. The second-order valence-corrected chi connectivity index (χ2v) is 4.07. The molecule has 0 saturated carbocycles. The lowest BCUT2D eigenvalue weighted by molar-refractivity contribution is 0.416. The second-order valence-electron chi connectivity index (χ2n) is 3.66. The number of anilines is 1. The SMILES string of the molecule is C=CCCCNc1cc(C)c(Cl)cc1OC. The minimum absolute atomic E-state index is 0.730. The van der Waals surface area contributed by atoms with Gasteiger partial charge in [-0.2, -0.15) is 0 Å². The van der Waals surface area contributed by atoms with Crippen molar-refractivity contribution in [1.29, 1.82) is 0 Å². The Morgan fingerprint density at radius 1 is 1.50 bits per heavy atom. The molecule has 0 atom stereocenters. The van der Waals surface area contributed by atoms with Crippen molar-refractivity contribution >= 4 is 17.3 Å². The molecule has 1 N–H and O–H groups in total. The smallest absolute Gasteiger partial charge is 0.143 e. The fourth-order valence-electron chi connectivity index (χ4n) is 1.44. The molecule has 0 saturated heterocycles. The van der Waals surface area contributed by atoms with Crippen LogP contribution in [0.1, 0.15) is 18.4 Å². The Morgan fingerprint density at radius 3 is 2.88 bits per heavy atom. The molecule has 88 valence electrons. The standard InChI is InChI=1S/C13H18ClNO/c1-4-5-6-7-15-12-8-10(2)11(14)9-13(12)16-3/h4,8-9,15H,1,5-7H2,2-3H3. The number of allylic oxidation sites excluding steroid dienone is 1. The van der Waals surface area contributed by atoms with Crippen molar-refractivity contribution < 1.29 is 4.74 Å². The molecule has 0 aliphatic rings. The third kappa shape index (κ3) is 3.46. The van der Waals surface area contributed by atoms with Gasteiger partial charge in [-0.15, -0.1) is 6.58 Å². The van der Waals surface area contributed by atoms with Crippen molar-refractivity contribution in [2.45, 2.75) is 19.8 Å². The van der Waals surface area contributed by atoms with E-state index in [1.807, 2.05) is 25.1 Å². The van der Waals surface area contributed by atoms with E-state index in [0.717, 1.165) is 41.4 Å². The van der Waals surface area contributed by atoms with Gasteiger partial charge in [-0.3, -0.25) is 0 Å². The zero-order valence-corrected chi connectivity index (χ0v) is 10.6. The van der Waals surface area contributed by atoms with Crippen LogP contribution in [-0.4, -0.2) is 13.7 Å². The molecule has 3 heteroatoms. The minimum Gasteiger partial charge on any atom is -0.495 e. The molecule has 0 aromatic heterocycles. The van der Waals surface area contributed by atoms with Crippen LogP contribution in [0.5, 0.6) is 5.75 Å². The van der Waals surface area contributed by atoms with Gasteiger partial charge in [0.25, 0.3) is 0 Å². The third-order valence-electron chi connectivity index (χ3n) is 2.38. The van der Waals surface area contributed by atoms with Crippen LogP contribution in [0.15, 0.2) is 24.8 Å². The summed E-state index contributed by atoms with van der Waals surface area (Å²) in [5.74, 6) is 0.786. The number of methoxy groups -OCH3 is 1. The Kier molecular flexibility index (Phi) is 5.20. The van der Waals surface area contributed by atoms with Crippen LogP contribution in [0.4, 0.5) is 5.69 Å². The number of aryl methyl sites for hydroxylation is 1. The summed E-state index contributed by atoms with van der Waals surface area (Å²) >= 11 is 6.03. The van der Waals surface area contributed by atoms with Gasteiger partial charge in [0.05, 0.1) is 12.8 Å². The maximum Gasteiger partial charge on any atom is 0.143 e. The third-order valence-corrected chi connectivity index (χ3v) is 2.79. The molecule has 0 amide bonds. The average Bonchev–Trinajstić information content (AvgIpc) is 2.28. The first-order valence-electron chi connectivity index (χ1n) is 5.38. The highest BCUT2D eigenvalue weighted by Gasteiger charge is 2.05. The lowest BCUT2D eigenvalue weighted by Gasteiger charge is -2.12. The number of rotatable bonds is 6. The number of nitrogens with one attached hydrogen (secondary N) is 1. The largest absolute Gasteiger partial charge is 0.495 e. The summed E-state index contributed by atoms with van der Waals surface area (Å²) in [5, 5.41) is 4.07. The van der Waals surface area contributed by atoms with Crippen molar-refractivity contribution in [2.75, 3.05) is 19.0 Å². The van der Waals surface area contributed by atoms with Crippen LogP contribution in [-0.2, 0) is 0 Å². The topological polar surface area (TPSA) is 21.3 Å². The Bertz CT molecular complexity index is 363. The van der Waals surface area contributed by atoms with Gasteiger partial charge in [0.15, 0.2) is 0 Å². The second kappa shape index (κ2) is 6.44. The average molecular weight is 240 g/mol. The van der Waals surface area contributed by atoms with Crippen LogP contribution in [0.25, 0.3) is 0 Å². The predicted octanol–water partition coefficient (Wildman–Crippen LogP) is 4.04. The summed E-state index contributed by atoms with van der Waals surface area (Å²) in [6.45, 7) is 6.58. The molecule has 0 spiro atoms. The van der Waals surface area contributed by atoms with Crippen molar-refractivity contribution in [3.05, 3.63) is 35.4 Å². The lowest BCUT2D eigenvalue weighted by Crippen LogP contribution is -2.03. The molecule has 1 aromatic rings. The molecule has 0 bridgehead atoms. The molecule has 2 nitrogen and oxygen atoms in total. The van der Waals surface area contributed by atoms with Gasteiger partial charge >= 0.3 is 0 Å². The fraction of sp³-hybridized carbons (Fsp3) is 0.385. The Labute approximate surface area is 102 Å². The van der Waals surface area contributed by atoms with E-state index in [9.17, 15) is 0 Å². The molecule has 1 aromatic carbocycles. The quantitative estimate of drug-likeness (QED) is 0.598. The summed E-state index contributed by atoms with van der Waals surface area (Å²) in [7, 11) is 1.65. The highest BCUT2D eigenvalue weighted by atomic mass is 35.5. The van der Waals surface area contributed by atoms with Gasteiger partial charge in [0.1, 0.15) is 5.75 Å². The van der Waals surface area contributed by atoms with E-state index >= 15 is 0 Å². The first-order chi connectivity index (χ1) is 7.69. The van der Waals surface area contributed by atoms with Gasteiger partial charge in [-0.25, -0.2) is 0 Å². The summed E-state index contributed by atoms with van der Waals surface area (Å²) in [6, 6.07) is 3.85. The van der Waals surface area contributed by atoms with E-state index in [1.165, 1.54) is 0 Å². The van der Waals surface area contributed by atoms with Gasteiger partial charge < -0.3 is 10.1 Å². The summed E-state index contributed by atoms with van der Waals surface area (Å²) < 4.78 is 5.27. The summed E-state index contributed by atoms with van der Waals surface area (Å²) in [4.78, 5) is 0. The Morgan fingerprint density at radius 2 is 2.25 bits per heavy atom. The van der Waals surface area contributed by atoms with Gasteiger partial charge in [-0.1, -0.05) is 17.7 Å². The van der Waals surface area contributed by atoms with Gasteiger partial charge in [-0.05, 0) is 31.4 Å². The normalized spacial score (nSPS) is 9.94. The number of ether oxygens (including phenoxy) is 1. The fourth-order valence-corrected chi connectivity index (χ4v) is 1.59. The monoisotopic (exact) mass is 239 g/mol. The molecular weight excluding hydrogens is 222 g/mol. The Balaban J connectivity index is 2.70. The van der Waals surface area contributed by atoms with Crippen molar-refractivity contribution in [3.63, 3.8) is 0 Å². The van der Waals surface area contributed by atoms with Gasteiger partial charge in [0.2, 0.25) is 0 Å². The first kappa shape index (κ1) is 12.9. The maximum absolute atomic E-state index is 6.03. The van der Waals surface area contributed by atoms with E-state index in [4.69, 9.17) is 16.3 Å². The zero-order chi connectivity index (χ0) is 12.0. The molecule has 0 heterocycles. The number of benzene rings is 1. The molecule has 16 heavy (non-hydrogen) atoms. The number of hydrogen-bond donors (Lipinski definition) is 1. The van der Waals surface area contributed by atoms with E-state index in [1.54, 1.807) is 7.11 Å². The van der Waals surface area contributed by atoms with E-state index < -0.39 is 0 Å². The van der Waals surface area contributed by atoms with Crippen molar-refractivity contribution in [1.82, 2.24) is 0 Å². The van der Waals surface area contributed by atoms with Crippen molar-refractivity contribution in [2.24, 2.45) is 0 Å². The van der Waals surface area contributed by atoms with Crippen LogP contribution in [0.2, 0.25) is 5.02 Å². The van der Waals surface area contributed by atoms with Crippen LogP contribution in [0.3, 0.4) is 0 Å². The first-order valence-corrected chi connectivity index (χ1v) is 5.75. The minimum atomic E-state index is 0.730. The molecule has 0 unspecified atom stereocenters. The molecule has 1 rings (SSSR count). The number of halogens is 1. The van der Waals surface area contributed by atoms with Gasteiger partial charge in [0, 0.05) is 17.6 Å². The summed E-state index contributed by atoms with van der Waals surface area (Å²) in [6.07, 6.45) is 4.00. The molecule has 0 fully saturated rings. The molecule has 0 aliphatic heterocycles. The highest BCUT2D eigenvalue weighted by Crippen LogP contribution is 2.30.